The molecule has 19 heavy (non-hydrogen) atoms. The van der Waals surface area contributed by atoms with Crippen molar-refractivity contribution in [1.29, 1.82) is 0 Å². The number of aryl methyl sites for hydroxylation is 1. The number of aromatic nitrogens is 2. The van der Waals surface area contributed by atoms with E-state index in [1.807, 2.05) is 12.4 Å². The molecule has 0 bridgehead atoms. The van der Waals surface area contributed by atoms with Gasteiger partial charge in [0, 0.05) is 44.0 Å². The molecule has 104 valence electrons. The monoisotopic (exact) mass is 263 g/mol. The van der Waals surface area contributed by atoms with Crippen LogP contribution in [-0.4, -0.2) is 42.4 Å². The van der Waals surface area contributed by atoms with Crippen molar-refractivity contribution >= 4 is 5.95 Å². The van der Waals surface area contributed by atoms with Gasteiger partial charge in [0.2, 0.25) is 5.95 Å². The quantitative estimate of drug-likeness (QED) is 0.872. The average molecular weight is 263 g/mol. The molecule has 2 aliphatic rings. The molecule has 1 aromatic rings. The lowest BCUT2D eigenvalue weighted by Crippen LogP contribution is -2.58. The zero-order valence-electron chi connectivity index (χ0n) is 11.5. The van der Waals surface area contributed by atoms with Crippen LogP contribution in [0.1, 0.15) is 18.9 Å². The van der Waals surface area contributed by atoms with E-state index in [0.717, 1.165) is 31.6 Å². The highest BCUT2D eigenvalue weighted by Crippen LogP contribution is 2.44. The molecule has 1 saturated carbocycles. The van der Waals surface area contributed by atoms with Gasteiger partial charge in [0.15, 0.2) is 0 Å². The van der Waals surface area contributed by atoms with E-state index in [1.165, 1.54) is 0 Å². The maximum Gasteiger partial charge on any atom is 0.222 e. The first-order valence-corrected chi connectivity index (χ1v) is 7.01. The molecule has 2 fully saturated rings. The molecule has 1 aliphatic heterocycles. The summed E-state index contributed by atoms with van der Waals surface area (Å²) in [5, 5.41) is 3.45. The van der Waals surface area contributed by atoms with Crippen molar-refractivity contribution in [2.45, 2.75) is 31.9 Å². The fraction of sp³-hybridized carbons (Fsp3) is 0.714. The van der Waals surface area contributed by atoms with Gasteiger partial charge in [-0.15, -0.1) is 0 Å². The minimum absolute atomic E-state index is 0.354. The Hall–Kier alpha value is -1.20. The molecule has 1 saturated heterocycles. The van der Waals surface area contributed by atoms with Crippen LogP contribution in [-0.2, 0) is 15.9 Å². The van der Waals surface area contributed by atoms with E-state index in [0.29, 0.717) is 29.9 Å². The standard InChI is InChI=1S/C14H21N3O2/c1-3-9-6-15-14(16-7-9)17-12-10-4-5-19-13(10)11(12)8-18-2/h6-7,10-13H,3-5,8H2,1-2H3,(H,15,16,17)/t10-,11+,12+,13-/m0/s1. The summed E-state index contributed by atoms with van der Waals surface area (Å²) in [6.45, 7) is 3.70. The summed E-state index contributed by atoms with van der Waals surface area (Å²) in [6, 6.07) is 0.375. The molecule has 1 N–H and O–H groups in total. The molecule has 0 aromatic carbocycles. The molecule has 5 heteroatoms. The largest absolute Gasteiger partial charge is 0.384 e. The van der Waals surface area contributed by atoms with E-state index in [4.69, 9.17) is 9.47 Å². The van der Waals surface area contributed by atoms with Crippen molar-refractivity contribution in [3.05, 3.63) is 18.0 Å². The van der Waals surface area contributed by atoms with Crippen LogP contribution in [0.25, 0.3) is 0 Å². The second-order valence-electron chi connectivity index (χ2n) is 5.35. The summed E-state index contributed by atoms with van der Waals surface area (Å²) in [5.41, 5.74) is 1.16. The fourth-order valence-corrected chi connectivity index (χ4v) is 3.20. The second kappa shape index (κ2) is 5.43. The van der Waals surface area contributed by atoms with E-state index in [2.05, 4.69) is 22.2 Å². The minimum atomic E-state index is 0.354. The SMILES string of the molecule is CCc1cnc(N[C@H]2[C@@H](COC)[C@H]3OCC[C@@H]23)nc1. The predicted molar refractivity (Wildman–Crippen MR) is 72.0 cm³/mol. The number of rotatable bonds is 5. The normalized spacial score (nSPS) is 32.7. The summed E-state index contributed by atoms with van der Waals surface area (Å²) in [4.78, 5) is 8.75. The molecule has 0 unspecified atom stereocenters. The topological polar surface area (TPSA) is 56.3 Å². The first-order valence-electron chi connectivity index (χ1n) is 7.01. The van der Waals surface area contributed by atoms with Gasteiger partial charge in [-0.25, -0.2) is 9.97 Å². The number of anilines is 1. The summed E-state index contributed by atoms with van der Waals surface area (Å²) < 4.78 is 11.1. The minimum Gasteiger partial charge on any atom is -0.384 e. The lowest BCUT2D eigenvalue weighted by Gasteiger charge is -2.47. The molecular formula is C14H21N3O2. The lowest BCUT2D eigenvalue weighted by molar-refractivity contribution is -0.0668. The van der Waals surface area contributed by atoms with E-state index in [9.17, 15) is 0 Å². The van der Waals surface area contributed by atoms with Crippen molar-refractivity contribution in [1.82, 2.24) is 9.97 Å². The number of hydrogen-bond donors (Lipinski definition) is 1. The van der Waals surface area contributed by atoms with E-state index >= 15 is 0 Å². The van der Waals surface area contributed by atoms with Crippen LogP contribution >= 0.6 is 0 Å². The molecule has 3 rings (SSSR count). The molecule has 5 nitrogen and oxygen atoms in total. The molecule has 0 amide bonds. The molecule has 0 radical (unpaired) electrons. The molecule has 4 atom stereocenters. The van der Waals surface area contributed by atoms with Crippen LogP contribution in [0.2, 0.25) is 0 Å². The van der Waals surface area contributed by atoms with Gasteiger partial charge in [0.1, 0.15) is 0 Å². The molecular weight excluding hydrogens is 242 g/mol. The summed E-state index contributed by atoms with van der Waals surface area (Å²) >= 11 is 0. The van der Waals surface area contributed by atoms with Crippen LogP contribution in [0.3, 0.4) is 0 Å². The van der Waals surface area contributed by atoms with E-state index in [-0.39, 0.29) is 0 Å². The highest BCUT2D eigenvalue weighted by atomic mass is 16.5. The first-order chi connectivity index (χ1) is 9.33. The third-order valence-corrected chi connectivity index (χ3v) is 4.30. The third kappa shape index (κ3) is 2.32. The highest BCUT2D eigenvalue weighted by molar-refractivity contribution is 5.30. The Balaban J connectivity index is 1.67. The van der Waals surface area contributed by atoms with Crippen molar-refractivity contribution in [3.63, 3.8) is 0 Å². The van der Waals surface area contributed by atoms with E-state index in [1.54, 1.807) is 7.11 Å². The number of fused-ring (bicyclic) bond motifs is 1. The zero-order valence-corrected chi connectivity index (χ0v) is 11.5. The Morgan fingerprint density at radius 3 is 2.89 bits per heavy atom. The van der Waals surface area contributed by atoms with E-state index < -0.39 is 0 Å². The maximum absolute atomic E-state index is 5.76. The van der Waals surface area contributed by atoms with Gasteiger partial charge in [0.25, 0.3) is 0 Å². The van der Waals surface area contributed by atoms with Gasteiger partial charge >= 0.3 is 0 Å². The Kier molecular flexibility index (Phi) is 3.66. The fourth-order valence-electron chi connectivity index (χ4n) is 3.20. The first kappa shape index (κ1) is 12.8. The van der Waals surface area contributed by atoms with Gasteiger partial charge in [-0.05, 0) is 18.4 Å². The van der Waals surface area contributed by atoms with Gasteiger partial charge in [-0.1, -0.05) is 6.92 Å². The van der Waals surface area contributed by atoms with Crippen molar-refractivity contribution in [3.8, 4) is 0 Å². The lowest BCUT2D eigenvalue weighted by atomic mass is 9.67. The Bertz CT molecular complexity index is 423. The van der Waals surface area contributed by atoms with Crippen LogP contribution < -0.4 is 5.32 Å². The Morgan fingerprint density at radius 2 is 2.21 bits per heavy atom. The van der Waals surface area contributed by atoms with Crippen molar-refractivity contribution in [2.75, 3.05) is 25.6 Å². The smallest absolute Gasteiger partial charge is 0.222 e. The maximum atomic E-state index is 5.76. The van der Waals surface area contributed by atoms with Crippen LogP contribution in [0.15, 0.2) is 12.4 Å². The predicted octanol–water partition coefficient (Wildman–Crippen LogP) is 1.50. The van der Waals surface area contributed by atoms with Crippen LogP contribution in [0, 0.1) is 11.8 Å². The average Bonchev–Trinajstić information content (AvgIpc) is 2.87. The number of methoxy groups -OCH3 is 1. The third-order valence-electron chi connectivity index (χ3n) is 4.30. The Morgan fingerprint density at radius 1 is 1.42 bits per heavy atom. The summed E-state index contributed by atoms with van der Waals surface area (Å²) in [5.74, 6) is 1.70. The van der Waals surface area contributed by atoms with Crippen LogP contribution in [0.4, 0.5) is 5.95 Å². The van der Waals surface area contributed by atoms with Crippen molar-refractivity contribution < 1.29 is 9.47 Å². The Labute approximate surface area is 113 Å². The molecule has 1 aromatic heterocycles. The molecule has 2 heterocycles. The number of nitrogens with one attached hydrogen (secondary N) is 1. The molecule has 1 aliphatic carbocycles. The highest BCUT2D eigenvalue weighted by Gasteiger charge is 2.53. The van der Waals surface area contributed by atoms with Gasteiger partial charge < -0.3 is 14.8 Å². The van der Waals surface area contributed by atoms with Gasteiger partial charge in [0.05, 0.1) is 12.7 Å². The number of ether oxygens (including phenoxy) is 2. The van der Waals surface area contributed by atoms with Gasteiger partial charge in [-0.3, -0.25) is 0 Å². The molecule has 0 spiro atoms. The van der Waals surface area contributed by atoms with Gasteiger partial charge in [-0.2, -0.15) is 0 Å². The van der Waals surface area contributed by atoms with Crippen molar-refractivity contribution in [2.24, 2.45) is 11.8 Å². The number of hydrogen-bond acceptors (Lipinski definition) is 5. The number of nitrogens with zero attached hydrogens (tertiary/aromatic N) is 2. The van der Waals surface area contributed by atoms with Crippen LogP contribution in [0.5, 0.6) is 0 Å². The zero-order chi connectivity index (χ0) is 13.2. The summed E-state index contributed by atoms with van der Waals surface area (Å²) in [7, 11) is 1.74. The summed E-state index contributed by atoms with van der Waals surface area (Å²) in [6.07, 6.45) is 6.22. The second-order valence-corrected chi connectivity index (χ2v) is 5.35.